The number of hydrogen-bond acceptors (Lipinski definition) is 4. The molecule has 2 aromatic rings. The molecule has 1 fully saturated rings. The quantitative estimate of drug-likeness (QED) is 0.502. The van der Waals surface area contributed by atoms with E-state index in [9.17, 15) is 14.4 Å². The van der Waals surface area contributed by atoms with Crippen LogP contribution in [0.5, 0.6) is 0 Å². The maximum Gasteiger partial charge on any atom is 0.375 e. The molecular weight excluding hydrogens is 342 g/mol. The summed E-state index contributed by atoms with van der Waals surface area (Å²) >= 11 is 0. The zero-order valence-electron chi connectivity index (χ0n) is 15.7. The van der Waals surface area contributed by atoms with E-state index < -0.39 is 17.7 Å². The number of carbonyl (C=O) groups excluding carboxylic acids is 3. The summed E-state index contributed by atoms with van der Waals surface area (Å²) in [4.78, 5) is 40.1. The van der Waals surface area contributed by atoms with Gasteiger partial charge < -0.3 is 9.72 Å². The Morgan fingerprint density at radius 3 is 2.67 bits per heavy atom. The first kappa shape index (κ1) is 18.0. The number of Topliss-reactive ketones (excluding diaryl/α,β-unsaturated/α-hetero) is 2. The van der Waals surface area contributed by atoms with E-state index in [1.807, 2.05) is 6.07 Å². The van der Waals surface area contributed by atoms with E-state index in [2.05, 4.69) is 17.1 Å². The maximum absolute atomic E-state index is 12.9. The van der Waals surface area contributed by atoms with Crippen molar-refractivity contribution in [1.29, 1.82) is 0 Å². The molecule has 0 amide bonds. The molecule has 1 saturated carbocycles. The second-order valence-electron chi connectivity index (χ2n) is 7.66. The zero-order valence-corrected chi connectivity index (χ0v) is 15.7. The Morgan fingerprint density at radius 2 is 1.93 bits per heavy atom. The molecule has 1 heterocycles. The molecule has 0 saturated heterocycles. The predicted molar refractivity (Wildman–Crippen MR) is 102 cm³/mol. The zero-order chi connectivity index (χ0) is 19.0. The van der Waals surface area contributed by atoms with Gasteiger partial charge in [0, 0.05) is 10.9 Å². The van der Waals surface area contributed by atoms with Gasteiger partial charge in [-0.25, -0.2) is 4.79 Å². The lowest BCUT2D eigenvalue weighted by atomic mass is 9.81. The molecule has 1 aromatic carbocycles. The van der Waals surface area contributed by atoms with Gasteiger partial charge in [-0.1, -0.05) is 25.3 Å². The summed E-state index contributed by atoms with van der Waals surface area (Å²) in [5, 5.41) is 1.09. The summed E-state index contributed by atoms with van der Waals surface area (Å²) in [6, 6.07) is 6.43. The van der Waals surface area contributed by atoms with Gasteiger partial charge in [-0.3, -0.25) is 9.59 Å². The first-order valence-corrected chi connectivity index (χ1v) is 9.99. The van der Waals surface area contributed by atoms with Gasteiger partial charge in [-0.2, -0.15) is 0 Å². The third-order valence-corrected chi connectivity index (χ3v) is 6.05. The van der Waals surface area contributed by atoms with Gasteiger partial charge in [0.2, 0.25) is 0 Å². The SMILES string of the molecule is CCOC(=O)C(=O)[C@@H]1CCc2c([nH]c3ccc(C4CCCCC4)cc23)C1=O. The third kappa shape index (κ3) is 3.20. The molecule has 2 aliphatic rings. The van der Waals surface area contributed by atoms with E-state index >= 15 is 0 Å². The molecule has 142 valence electrons. The van der Waals surface area contributed by atoms with E-state index in [0.717, 1.165) is 16.5 Å². The van der Waals surface area contributed by atoms with Gasteiger partial charge >= 0.3 is 5.97 Å². The van der Waals surface area contributed by atoms with Crippen LogP contribution in [0.1, 0.15) is 73.0 Å². The molecule has 0 unspecified atom stereocenters. The van der Waals surface area contributed by atoms with Crippen LogP contribution in [-0.4, -0.2) is 29.1 Å². The summed E-state index contributed by atoms with van der Waals surface area (Å²) in [6.07, 6.45) is 7.33. The number of nitrogens with one attached hydrogen (secondary N) is 1. The van der Waals surface area contributed by atoms with Crippen LogP contribution in [-0.2, 0) is 20.7 Å². The van der Waals surface area contributed by atoms with Crippen LogP contribution >= 0.6 is 0 Å². The highest BCUT2D eigenvalue weighted by molar-refractivity contribution is 6.39. The number of ether oxygens (including phenoxy) is 1. The van der Waals surface area contributed by atoms with Crippen molar-refractivity contribution in [3.8, 4) is 0 Å². The molecule has 0 radical (unpaired) electrons. The van der Waals surface area contributed by atoms with Crippen molar-refractivity contribution in [1.82, 2.24) is 4.98 Å². The first-order valence-electron chi connectivity index (χ1n) is 9.99. The van der Waals surface area contributed by atoms with E-state index in [1.54, 1.807) is 6.92 Å². The molecule has 2 aliphatic carbocycles. The number of hydrogen-bond donors (Lipinski definition) is 1. The topological polar surface area (TPSA) is 76.2 Å². The average Bonchev–Trinajstić information content (AvgIpc) is 3.07. The Morgan fingerprint density at radius 1 is 1.15 bits per heavy atom. The van der Waals surface area contributed by atoms with Crippen LogP contribution in [0.2, 0.25) is 0 Å². The Balaban J connectivity index is 1.65. The average molecular weight is 367 g/mol. The number of aromatic nitrogens is 1. The van der Waals surface area contributed by atoms with Crippen molar-refractivity contribution in [2.75, 3.05) is 6.61 Å². The Hall–Kier alpha value is -2.43. The minimum atomic E-state index is -0.928. The van der Waals surface area contributed by atoms with Gasteiger partial charge in [0.1, 0.15) is 0 Å². The molecule has 5 nitrogen and oxygen atoms in total. The summed E-state index contributed by atoms with van der Waals surface area (Å²) in [6.45, 7) is 1.78. The molecule has 1 atom stereocenters. The highest BCUT2D eigenvalue weighted by Crippen LogP contribution is 2.37. The summed E-state index contributed by atoms with van der Waals surface area (Å²) in [5.74, 6) is -2.25. The smallest absolute Gasteiger partial charge is 0.375 e. The first-order chi connectivity index (χ1) is 13.1. The van der Waals surface area contributed by atoms with Crippen LogP contribution in [0.15, 0.2) is 18.2 Å². The van der Waals surface area contributed by atoms with Crippen molar-refractivity contribution in [3.05, 3.63) is 35.0 Å². The van der Waals surface area contributed by atoms with E-state index in [4.69, 9.17) is 4.74 Å². The van der Waals surface area contributed by atoms with E-state index in [-0.39, 0.29) is 12.4 Å². The number of aromatic amines is 1. The van der Waals surface area contributed by atoms with Crippen LogP contribution in [0.3, 0.4) is 0 Å². The fourth-order valence-electron chi connectivity index (χ4n) is 4.61. The molecule has 5 heteroatoms. The fourth-order valence-corrected chi connectivity index (χ4v) is 4.61. The molecule has 1 aromatic heterocycles. The molecule has 27 heavy (non-hydrogen) atoms. The molecular formula is C22H25NO4. The normalized spacial score (nSPS) is 20.5. The highest BCUT2D eigenvalue weighted by Gasteiger charge is 2.38. The Labute approximate surface area is 158 Å². The number of ketones is 2. The number of aryl methyl sites for hydroxylation is 1. The molecule has 0 aliphatic heterocycles. The Bertz CT molecular complexity index is 904. The monoisotopic (exact) mass is 367 g/mol. The lowest BCUT2D eigenvalue weighted by Gasteiger charge is -2.22. The minimum absolute atomic E-state index is 0.132. The number of H-pyrrole nitrogens is 1. The maximum atomic E-state index is 12.9. The van der Waals surface area contributed by atoms with E-state index in [1.165, 1.54) is 37.7 Å². The number of esters is 1. The minimum Gasteiger partial charge on any atom is -0.460 e. The van der Waals surface area contributed by atoms with Crippen LogP contribution in [0.4, 0.5) is 0 Å². The highest BCUT2D eigenvalue weighted by atomic mass is 16.5. The lowest BCUT2D eigenvalue weighted by Crippen LogP contribution is -2.35. The van der Waals surface area contributed by atoms with Crippen molar-refractivity contribution in [3.63, 3.8) is 0 Å². The predicted octanol–water partition coefficient (Wildman–Crippen LogP) is 4.09. The molecule has 0 bridgehead atoms. The lowest BCUT2D eigenvalue weighted by molar-refractivity contribution is -0.154. The fraction of sp³-hybridized carbons (Fsp3) is 0.500. The number of fused-ring (bicyclic) bond motifs is 3. The van der Waals surface area contributed by atoms with Gasteiger partial charge in [-0.05, 0) is 61.8 Å². The van der Waals surface area contributed by atoms with Gasteiger partial charge in [0.15, 0.2) is 5.78 Å². The second-order valence-corrected chi connectivity index (χ2v) is 7.66. The number of benzene rings is 1. The van der Waals surface area contributed by atoms with E-state index in [0.29, 0.717) is 24.5 Å². The van der Waals surface area contributed by atoms with Crippen molar-refractivity contribution < 1.29 is 19.1 Å². The van der Waals surface area contributed by atoms with Crippen LogP contribution < -0.4 is 0 Å². The third-order valence-electron chi connectivity index (χ3n) is 6.05. The Kier molecular flexibility index (Phi) is 4.85. The van der Waals surface area contributed by atoms with Crippen LogP contribution in [0.25, 0.3) is 10.9 Å². The number of carbonyl (C=O) groups is 3. The summed E-state index contributed by atoms with van der Waals surface area (Å²) in [5.41, 5.74) is 3.75. The van der Waals surface area contributed by atoms with Crippen molar-refractivity contribution >= 4 is 28.4 Å². The molecule has 0 spiro atoms. The molecule has 4 rings (SSSR count). The van der Waals surface area contributed by atoms with Crippen molar-refractivity contribution in [2.45, 2.75) is 57.8 Å². The van der Waals surface area contributed by atoms with Crippen LogP contribution in [0, 0.1) is 5.92 Å². The van der Waals surface area contributed by atoms with Gasteiger partial charge in [0.25, 0.3) is 5.78 Å². The summed E-state index contributed by atoms with van der Waals surface area (Å²) in [7, 11) is 0. The number of rotatable bonds is 4. The second kappa shape index (κ2) is 7.29. The standard InChI is InChI=1S/C22H25NO4/c1-2-27-22(26)21(25)16-10-9-15-17-12-14(13-6-4-3-5-7-13)8-11-18(17)23-19(15)20(16)24/h8,11-13,16,23H,2-7,9-10H2,1H3/t16-/m1/s1. The van der Waals surface area contributed by atoms with Crippen molar-refractivity contribution in [2.24, 2.45) is 5.92 Å². The molecule has 1 N–H and O–H groups in total. The largest absolute Gasteiger partial charge is 0.460 e. The summed E-state index contributed by atoms with van der Waals surface area (Å²) < 4.78 is 4.78. The van der Waals surface area contributed by atoms with Gasteiger partial charge in [0.05, 0.1) is 18.2 Å². The van der Waals surface area contributed by atoms with Gasteiger partial charge in [-0.15, -0.1) is 0 Å².